The van der Waals surface area contributed by atoms with Crippen molar-refractivity contribution in [2.24, 2.45) is 11.3 Å². The monoisotopic (exact) mass is 317 g/mol. The SMILES string of the molecule is CC(C)(C)SCC(=O)NCCC(CCC(=O)O)C(C)(C)C. The van der Waals surface area contributed by atoms with E-state index in [0.29, 0.717) is 24.6 Å². The largest absolute Gasteiger partial charge is 0.481 e. The van der Waals surface area contributed by atoms with Crippen molar-refractivity contribution in [1.82, 2.24) is 5.32 Å². The summed E-state index contributed by atoms with van der Waals surface area (Å²) in [6, 6.07) is 0. The number of carboxylic acid groups (broad SMARTS) is 1. The van der Waals surface area contributed by atoms with Crippen molar-refractivity contribution in [3.8, 4) is 0 Å². The molecule has 1 unspecified atom stereocenters. The lowest BCUT2D eigenvalue weighted by Gasteiger charge is -2.30. The van der Waals surface area contributed by atoms with Gasteiger partial charge in [0, 0.05) is 17.7 Å². The lowest BCUT2D eigenvalue weighted by molar-refractivity contribution is -0.137. The van der Waals surface area contributed by atoms with E-state index in [1.807, 2.05) is 0 Å². The van der Waals surface area contributed by atoms with E-state index in [1.54, 1.807) is 11.8 Å². The Kier molecular flexibility index (Phi) is 8.37. The van der Waals surface area contributed by atoms with Gasteiger partial charge in [0.25, 0.3) is 0 Å². The summed E-state index contributed by atoms with van der Waals surface area (Å²) in [7, 11) is 0. The molecule has 0 spiro atoms. The minimum Gasteiger partial charge on any atom is -0.481 e. The molecule has 5 heteroatoms. The molecule has 1 amide bonds. The molecule has 0 aromatic carbocycles. The Bertz CT molecular complexity index is 342. The number of carboxylic acids is 1. The minimum absolute atomic E-state index is 0.0559. The molecule has 0 heterocycles. The smallest absolute Gasteiger partial charge is 0.303 e. The summed E-state index contributed by atoms with van der Waals surface area (Å²) in [6.45, 7) is 13.3. The van der Waals surface area contributed by atoms with E-state index in [-0.39, 0.29) is 22.5 Å². The van der Waals surface area contributed by atoms with E-state index < -0.39 is 5.97 Å². The maximum absolute atomic E-state index is 11.8. The van der Waals surface area contributed by atoms with Gasteiger partial charge < -0.3 is 10.4 Å². The van der Waals surface area contributed by atoms with Gasteiger partial charge in [0.05, 0.1) is 5.75 Å². The van der Waals surface area contributed by atoms with Crippen molar-refractivity contribution in [2.75, 3.05) is 12.3 Å². The number of hydrogen-bond donors (Lipinski definition) is 2. The van der Waals surface area contributed by atoms with Crippen molar-refractivity contribution in [3.05, 3.63) is 0 Å². The topological polar surface area (TPSA) is 66.4 Å². The molecule has 0 aromatic rings. The zero-order valence-electron chi connectivity index (χ0n) is 14.3. The number of rotatable bonds is 8. The van der Waals surface area contributed by atoms with Crippen molar-refractivity contribution in [2.45, 2.75) is 65.6 Å². The van der Waals surface area contributed by atoms with Crippen molar-refractivity contribution in [3.63, 3.8) is 0 Å². The van der Waals surface area contributed by atoms with Crippen molar-refractivity contribution >= 4 is 23.6 Å². The van der Waals surface area contributed by atoms with E-state index in [0.717, 1.165) is 6.42 Å². The predicted molar refractivity (Wildman–Crippen MR) is 89.7 cm³/mol. The van der Waals surface area contributed by atoms with Crippen LogP contribution < -0.4 is 5.32 Å². The highest BCUT2D eigenvalue weighted by Gasteiger charge is 2.25. The summed E-state index contributed by atoms with van der Waals surface area (Å²) in [6.07, 6.45) is 1.67. The predicted octanol–water partition coefficient (Wildman–Crippen LogP) is 3.55. The zero-order valence-corrected chi connectivity index (χ0v) is 15.1. The Morgan fingerprint density at radius 1 is 1.10 bits per heavy atom. The van der Waals surface area contributed by atoms with Crippen LogP contribution in [-0.4, -0.2) is 34.0 Å². The van der Waals surface area contributed by atoms with Gasteiger partial charge in [-0.25, -0.2) is 0 Å². The van der Waals surface area contributed by atoms with Crippen molar-refractivity contribution < 1.29 is 14.7 Å². The number of carbonyl (C=O) groups is 2. The van der Waals surface area contributed by atoms with Gasteiger partial charge in [0.1, 0.15) is 0 Å². The second-order valence-electron chi connectivity index (χ2n) is 7.54. The second-order valence-corrected chi connectivity index (χ2v) is 9.34. The molecule has 0 bridgehead atoms. The maximum Gasteiger partial charge on any atom is 0.303 e. The van der Waals surface area contributed by atoms with Gasteiger partial charge in [-0.15, -0.1) is 11.8 Å². The molecule has 0 rings (SSSR count). The maximum atomic E-state index is 11.8. The molecule has 0 aliphatic rings. The number of nitrogens with one attached hydrogen (secondary N) is 1. The fourth-order valence-electron chi connectivity index (χ4n) is 2.03. The first kappa shape index (κ1) is 20.3. The molecule has 0 saturated carbocycles. The van der Waals surface area contributed by atoms with E-state index in [9.17, 15) is 9.59 Å². The summed E-state index contributed by atoms with van der Waals surface area (Å²) in [5.41, 5.74) is 0.0559. The lowest BCUT2D eigenvalue weighted by Crippen LogP contribution is -2.31. The van der Waals surface area contributed by atoms with Gasteiger partial charge in [-0.2, -0.15) is 0 Å². The standard InChI is InChI=1S/C16H31NO3S/c1-15(2,3)12(7-8-14(19)20)9-10-17-13(18)11-21-16(4,5)6/h12H,7-11H2,1-6H3,(H,17,18)(H,19,20). The van der Waals surface area contributed by atoms with Gasteiger partial charge in [0.2, 0.25) is 5.91 Å². The van der Waals surface area contributed by atoms with E-state index in [4.69, 9.17) is 5.11 Å². The quantitative estimate of drug-likeness (QED) is 0.718. The van der Waals surface area contributed by atoms with Crippen LogP contribution >= 0.6 is 11.8 Å². The van der Waals surface area contributed by atoms with E-state index >= 15 is 0 Å². The molecule has 0 saturated heterocycles. The summed E-state index contributed by atoms with van der Waals surface area (Å²) in [5.74, 6) is 0.0681. The van der Waals surface area contributed by atoms with Crippen LogP contribution in [0.5, 0.6) is 0 Å². The highest BCUT2D eigenvalue weighted by molar-refractivity contribution is 8.01. The number of thioether (sulfide) groups is 1. The summed E-state index contributed by atoms with van der Waals surface area (Å²) < 4.78 is 0.0901. The third kappa shape index (κ3) is 11.6. The first-order valence-corrected chi connectivity index (χ1v) is 8.53. The zero-order chi connectivity index (χ0) is 16.7. The average Bonchev–Trinajstić information content (AvgIpc) is 2.28. The van der Waals surface area contributed by atoms with Gasteiger partial charge in [-0.3, -0.25) is 9.59 Å². The van der Waals surface area contributed by atoms with Crippen molar-refractivity contribution in [1.29, 1.82) is 0 Å². The number of aliphatic carboxylic acids is 1. The highest BCUT2D eigenvalue weighted by Crippen LogP contribution is 2.32. The molecule has 0 aromatic heterocycles. The Hall–Kier alpha value is -0.710. The minimum atomic E-state index is -0.755. The highest BCUT2D eigenvalue weighted by atomic mass is 32.2. The molecule has 124 valence electrons. The molecule has 0 radical (unpaired) electrons. The normalized spacial score (nSPS) is 13.8. The molecular weight excluding hydrogens is 286 g/mol. The fraction of sp³-hybridized carbons (Fsp3) is 0.875. The van der Waals surface area contributed by atoms with Crippen LogP contribution in [0.4, 0.5) is 0 Å². The molecule has 1 atom stereocenters. The van der Waals surface area contributed by atoms with Crippen LogP contribution in [0.1, 0.15) is 60.8 Å². The Morgan fingerprint density at radius 2 is 1.67 bits per heavy atom. The summed E-state index contributed by atoms with van der Waals surface area (Å²) in [4.78, 5) is 22.5. The summed E-state index contributed by atoms with van der Waals surface area (Å²) in [5, 5.41) is 11.8. The van der Waals surface area contributed by atoms with Gasteiger partial charge in [-0.1, -0.05) is 41.5 Å². The molecule has 21 heavy (non-hydrogen) atoms. The lowest BCUT2D eigenvalue weighted by atomic mass is 9.76. The number of carbonyl (C=O) groups excluding carboxylic acids is 1. The first-order valence-electron chi connectivity index (χ1n) is 7.54. The molecule has 0 aliphatic carbocycles. The van der Waals surface area contributed by atoms with Gasteiger partial charge in [-0.05, 0) is 24.2 Å². The molecular formula is C16H31NO3S. The van der Waals surface area contributed by atoms with Gasteiger partial charge >= 0.3 is 5.97 Å². The Balaban J connectivity index is 4.13. The van der Waals surface area contributed by atoms with Crippen LogP contribution in [0.2, 0.25) is 0 Å². The Morgan fingerprint density at radius 3 is 2.10 bits per heavy atom. The first-order chi connectivity index (χ1) is 9.42. The average molecular weight is 317 g/mol. The molecule has 0 fully saturated rings. The van der Waals surface area contributed by atoms with Crippen LogP contribution in [0, 0.1) is 11.3 Å². The molecule has 2 N–H and O–H groups in total. The van der Waals surface area contributed by atoms with Crippen LogP contribution in [0.15, 0.2) is 0 Å². The third-order valence-electron chi connectivity index (χ3n) is 3.38. The molecule has 4 nitrogen and oxygen atoms in total. The fourth-order valence-corrected chi connectivity index (χ4v) is 2.69. The third-order valence-corrected chi connectivity index (χ3v) is 4.66. The number of amides is 1. The van der Waals surface area contributed by atoms with E-state index in [2.05, 4.69) is 46.9 Å². The van der Waals surface area contributed by atoms with Crippen LogP contribution in [0.3, 0.4) is 0 Å². The Labute approximate surface area is 133 Å². The van der Waals surface area contributed by atoms with Crippen LogP contribution in [0.25, 0.3) is 0 Å². The van der Waals surface area contributed by atoms with Gasteiger partial charge in [0.15, 0.2) is 0 Å². The number of hydrogen-bond acceptors (Lipinski definition) is 3. The van der Waals surface area contributed by atoms with Crippen LogP contribution in [-0.2, 0) is 9.59 Å². The van der Waals surface area contributed by atoms with E-state index in [1.165, 1.54) is 0 Å². The second kappa shape index (κ2) is 8.66. The molecule has 0 aliphatic heterocycles. The summed E-state index contributed by atoms with van der Waals surface area (Å²) >= 11 is 1.63.